The molecular formula is C13H10Cl3N3O2S. The summed E-state index contributed by atoms with van der Waals surface area (Å²) < 4.78 is 0. The van der Waals surface area contributed by atoms with E-state index in [2.05, 4.69) is 15.6 Å². The first kappa shape index (κ1) is 17.0. The van der Waals surface area contributed by atoms with Crippen molar-refractivity contribution in [3.63, 3.8) is 0 Å². The van der Waals surface area contributed by atoms with Gasteiger partial charge in [0.1, 0.15) is 0 Å². The summed E-state index contributed by atoms with van der Waals surface area (Å²) in [7, 11) is 0. The van der Waals surface area contributed by atoms with E-state index >= 15 is 0 Å². The van der Waals surface area contributed by atoms with Crippen LogP contribution in [0.15, 0.2) is 23.7 Å². The van der Waals surface area contributed by atoms with E-state index in [4.69, 9.17) is 34.8 Å². The molecule has 2 N–H and O–H groups in total. The third-order valence-corrected chi connectivity index (χ3v) is 4.27. The number of halogens is 3. The molecule has 0 aliphatic rings. The van der Waals surface area contributed by atoms with Gasteiger partial charge in [-0.1, -0.05) is 34.8 Å². The summed E-state index contributed by atoms with van der Waals surface area (Å²) in [6.45, 7) is 0. The van der Waals surface area contributed by atoms with Crippen LogP contribution >= 0.6 is 46.1 Å². The number of hydrogen-bond donors (Lipinski definition) is 2. The third kappa shape index (κ3) is 4.84. The molecule has 2 amide bonds. The minimum atomic E-state index is -0.352. The van der Waals surface area contributed by atoms with Crippen molar-refractivity contribution in [3.05, 3.63) is 38.8 Å². The van der Waals surface area contributed by atoms with Gasteiger partial charge in [0.25, 0.3) is 0 Å². The number of thiazole rings is 1. The fourth-order valence-corrected chi connectivity index (χ4v) is 2.66. The minimum absolute atomic E-state index is 0.00772. The van der Waals surface area contributed by atoms with Gasteiger partial charge in [0.05, 0.1) is 20.8 Å². The number of carbonyl (C=O) groups excluding carboxylic acids is 2. The van der Waals surface area contributed by atoms with Crippen LogP contribution in [0.4, 0.5) is 10.8 Å². The Morgan fingerprint density at radius 2 is 1.64 bits per heavy atom. The maximum atomic E-state index is 11.8. The summed E-state index contributed by atoms with van der Waals surface area (Å²) >= 11 is 18.9. The molecule has 0 aliphatic carbocycles. The lowest BCUT2D eigenvalue weighted by Crippen LogP contribution is -2.17. The quantitative estimate of drug-likeness (QED) is 0.755. The van der Waals surface area contributed by atoms with E-state index in [-0.39, 0.29) is 34.7 Å². The van der Waals surface area contributed by atoms with Crippen LogP contribution in [0.1, 0.15) is 12.8 Å². The number of rotatable bonds is 5. The molecule has 0 spiro atoms. The van der Waals surface area contributed by atoms with E-state index in [0.717, 1.165) is 0 Å². The summed E-state index contributed by atoms with van der Waals surface area (Å²) in [5, 5.41) is 8.27. The van der Waals surface area contributed by atoms with E-state index in [1.807, 2.05) is 0 Å². The van der Waals surface area contributed by atoms with Gasteiger partial charge in [-0.2, -0.15) is 0 Å². The summed E-state index contributed by atoms with van der Waals surface area (Å²) in [6, 6.07) is 2.90. The average molecular weight is 379 g/mol. The number of amides is 2. The molecule has 1 aromatic carbocycles. The molecule has 0 atom stereocenters. The van der Waals surface area contributed by atoms with Gasteiger partial charge in [-0.15, -0.1) is 11.3 Å². The Kier molecular flexibility index (Phi) is 6.02. The van der Waals surface area contributed by atoms with E-state index in [0.29, 0.717) is 15.8 Å². The van der Waals surface area contributed by atoms with E-state index in [1.54, 1.807) is 11.6 Å². The maximum absolute atomic E-state index is 11.8. The average Bonchev–Trinajstić information content (AvgIpc) is 2.95. The predicted octanol–water partition coefficient (Wildman–Crippen LogP) is 4.46. The molecule has 0 fully saturated rings. The van der Waals surface area contributed by atoms with Gasteiger partial charge in [-0.3, -0.25) is 9.59 Å². The van der Waals surface area contributed by atoms with Crippen molar-refractivity contribution in [1.82, 2.24) is 4.98 Å². The van der Waals surface area contributed by atoms with Crippen LogP contribution in [0.3, 0.4) is 0 Å². The lowest BCUT2D eigenvalue weighted by molar-refractivity contribution is -0.121. The molecule has 116 valence electrons. The molecule has 0 saturated heterocycles. The highest BCUT2D eigenvalue weighted by atomic mass is 35.5. The molecule has 2 rings (SSSR count). The molecule has 0 radical (unpaired) electrons. The summed E-state index contributed by atoms with van der Waals surface area (Å²) in [5.74, 6) is -0.639. The monoisotopic (exact) mass is 377 g/mol. The molecule has 1 heterocycles. The van der Waals surface area contributed by atoms with Gasteiger partial charge < -0.3 is 10.6 Å². The highest BCUT2D eigenvalue weighted by Gasteiger charge is 2.11. The number of carbonyl (C=O) groups is 2. The van der Waals surface area contributed by atoms with Gasteiger partial charge >= 0.3 is 0 Å². The Hall–Kier alpha value is -1.34. The van der Waals surface area contributed by atoms with Gasteiger partial charge in [-0.05, 0) is 12.1 Å². The summed E-state index contributed by atoms with van der Waals surface area (Å²) in [6.07, 6.45) is 1.62. The summed E-state index contributed by atoms with van der Waals surface area (Å²) in [4.78, 5) is 27.4. The molecule has 0 aliphatic heterocycles. The predicted molar refractivity (Wildman–Crippen MR) is 90.1 cm³/mol. The smallest absolute Gasteiger partial charge is 0.226 e. The topological polar surface area (TPSA) is 71.1 Å². The molecule has 2 aromatic rings. The second-order valence-corrected chi connectivity index (χ2v) is 6.30. The van der Waals surface area contributed by atoms with Crippen LogP contribution in [0.5, 0.6) is 0 Å². The number of benzene rings is 1. The maximum Gasteiger partial charge on any atom is 0.226 e. The standard InChI is InChI=1S/C13H10Cl3N3O2S/c14-7-5-9(16)10(6-8(7)15)18-11(20)1-2-12(21)19-13-17-3-4-22-13/h3-6H,1-2H2,(H,18,20)(H,17,19,21). The normalized spacial score (nSPS) is 10.3. The molecule has 1 aromatic heterocycles. The number of nitrogens with one attached hydrogen (secondary N) is 2. The van der Waals surface area contributed by atoms with E-state index < -0.39 is 0 Å². The van der Waals surface area contributed by atoms with Crippen molar-refractivity contribution in [1.29, 1.82) is 0 Å². The Morgan fingerprint density at radius 1 is 1.00 bits per heavy atom. The lowest BCUT2D eigenvalue weighted by Gasteiger charge is -2.08. The first-order valence-electron chi connectivity index (χ1n) is 6.09. The highest BCUT2D eigenvalue weighted by Crippen LogP contribution is 2.32. The second-order valence-electron chi connectivity index (χ2n) is 4.18. The second kappa shape index (κ2) is 7.78. The fraction of sp³-hybridized carbons (Fsp3) is 0.154. The van der Waals surface area contributed by atoms with Gasteiger partial charge in [-0.25, -0.2) is 4.98 Å². The Morgan fingerprint density at radius 3 is 2.27 bits per heavy atom. The van der Waals surface area contributed by atoms with Crippen molar-refractivity contribution in [2.75, 3.05) is 10.6 Å². The number of nitrogens with zero attached hydrogens (tertiary/aromatic N) is 1. The van der Waals surface area contributed by atoms with E-state index in [9.17, 15) is 9.59 Å². The zero-order valence-electron chi connectivity index (χ0n) is 11.0. The van der Waals surface area contributed by atoms with Crippen molar-refractivity contribution >= 4 is 68.8 Å². The first-order valence-corrected chi connectivity index (χ1v) is 8.11. The SMILES string of the molecule is O=C(CCC(=O)Nc1cc(Cl)c(Cl)cc1Cl)Nc1nccs1. The third-order valence-electron chi connectivity index (χ3n) is 2.54. The van der Waals surface area contributed by atoms with Gasteiger partial charge in [0.2, 0.25) is 11.8 Å². The van der Waals surface area contributed by atoms with Crippen LogP contribution in [-0.2, 0) is 9.59 Å². The zero-order chi connectivity index (χ0) is 16.1. The molecule has 0 unspecified atom stereocenters. The van der Waals surface area contributed by atoms with Crippen LogP contribution in [0.25, 0.3) is 0 Å². The van der Waals surface area contributed by atoms with Crippen molar-refractivity contribution in [2.45, 2.75) is 12.8 Å². The Balaban J connectivity index is 1.85. The van der Waals surface area contributed by atoms with Crippen molar-refractivity contribution in [3.8, 4) is 0 Å². The lowest BCUT2D eigenvalue weighted by atomic mass is 10.2. The largest absolute Gasteiger partial charge is 0.325 e. The van der Waals surface area contributed by atoms with Gasteiger partial charge in [0.15, 0.2) is 5.13 Å². The van der Waals surface area contributed by atoms with Crippen molar-refractivity contribution < 1.29 is 9.59 Å². The Bertz CT molecular complexity index is 692. The zero-order valence-corrected chi connectivity index (χ0v) is 14.1. The van der Waals surface area contributed by atoms with Crippen LogP contribution in [-0.4, -0.2) is 16.8 Å². The molecule has 0 saturated carbocycles. The molecule has 9 heteroatoms. The molecule has 5 nitrogen and oxygen atoms in total. The van der Waals surface area contributed by atoms with Crippen LogP contribution < -0.4 is 10.6 Å². The van der Waals surface area contributed by atoms with Crippen LogP contribution in [0.2, 0.25) is 15.1 Å². The minimum Gasteiger partial charge on any atom is -0.325 e. The van der Waals surface area contributed by atoms with Crippen molar-refractivity contribution in [2.24, 2.45) is 0 Å². The van der Waals surface area contributed by atoms with Gasteiger partial charge in [0, 0.05) is 24.4 Å². The molecule has 0 bridgehead atoms. The highest BCUT2D eigenvalue weighted by molar-refractivity contribution is 7.13. The molecule has 22 heavy (non-hydrogen) atoms. The number of aromatic nitrogens is 1. The fourth-order valence-electron chi connectivity index (χ4n) is 1.53. The number of anilines is 2. The number of hydrogen-bond acceptors (Lipinski definition) is 4. The molecular weight excluding hydrogens is 369 g/mol. The van der Waals surface area contributed by atoms with Crippen LogP contribution in [0, 0.1) is 0 Å². The Labute approximate surface area is 145 Å². The summed E-state index contributed by atoms with van der Waals surface area (Å²) in [5.41, 5.74) is 0.349. The first-order chi connectivity index (χ1) is 10.5. The van der Waals surface area contributed by atoms with E-state index in [1.165, 1.54) is 23.5 Å².